The van der Waals surface area contributed by atoms with Crippen LogP contribution in [0.25, 0.3) is 0 Å². The van der Waals surface area contributed by atoms with E-state index in [2.05, 4.69) is 15.9 Å². The fourth-order valence-corrected chi connectivity index (χ4v) is 1.36. The van der Waals surface area contributed by atoms with Gasteiger partial charge in [0.1, 0.15) is 5.75 Å². The number of anilines is 1. The van der Waals surface area contributed by atoms with E-state index in [-0.39, 0.29) is 18.5 Å². The molecule has 2 nitrogen and oxygen atoms in total. The smallest absolute Gasteiger partial charge is 0.134 e. The molecule has 2 N–H and O–H groups in total. The number of nitrogen functional groups attached to an aromatic ring is 1. The molecule has 0 amide bonds. The minimum Gasteiger partial charge on any atom is -0.490 e. The van der Waals surface area contributed by atoms with Gasteiger partial charge in [0, 0.05) is 5.69 Å². The van der Waals surface area contributed by atoms with E-state index in [0.29, 0.717) is 0 Å². The molecule has 0 unspecified atom stereocenters. The second kappa shape index (κ2) is 5.35. The molecule has 0 saturated heterocycles. The van der Waals surface area contributed by atoms with Gasteiger partial charge in [0.25, 0.3) is 0 Å². The predicted molar refractivity (Wildman–Crippen MR) is 61.6 cm³/mol. The van der Waals surface area contributed by atoms with Crippen LogP contribution in [-0.4, -0.2) is 6.10 Å². The zero-order chi connectivity index (χ0) is 9.14. The normalized spacial score (nSPS) is 9.54. The largest absolute Gasteiger partial charge is 0.490 e. The molecular formula is C9H13BrClNO. The van der Waals surface area contributed by atoms with Crippen LogP contribution in [0.1, 0.15) is 13.8 Å². The topological polar surface area (TPSA) is 35.2 Å². The third-order valence-corrected chi connectivity index (χ3v) is 1.94. The van der Waals surface area contributed by atoms with Crippen molar-refractivity contribution in [1.82, 2.24) is 0 Å². The van der Waals surface area contributed by atoms with Gasteiger partial charge in [-0.15, -0.1) is 12.4 Å². The summed E-state index contributed by atoms with van der Waals surface area (Å²) in [6, 6.07) is 5.51. The highest BCUT2D eigenvalue weighted by Crippen LogP contribution is 2.27. The maximum absolute atomic E-state index is 5.57. The van der Waals surface area contributed by atoms with Crippen LogP contribution >= 0.6 is 28.3 Å². The summed E-state index contributed by atoms with van der Waals surface area (Å²) >= 11 is 3.37. The lowest BCUT2D eigenvalue weighted by Crippen LogP contribution is -2.05. The van der Waals surface area contributed by atoms with Crippen LogP contribution in [0.3, 0.4) is 0 Å². The Labute approximate surface area is 93.0 Å². The molecule has 0 fully saturated rings. The van der Waals surface area contributed by atoms with Gasteiger partial charge >= 0.3 is 0 Å². The molecule has 74 valence electrons. The molecule has 0 heterocycles. The summed E-state index contributed by atoms with van der Waals surface area (Å²) < 4.78 is 6.40. The van der Waals surface area contributed by atoms with Crippen LogP contribution in [0.2, 0.25) is 0 Å². The van der Waals surface area contributed by atoms with Gasteiger partial charge in [-0.3, -0.25) is 0 Å². The monoisotopic (exact) mass is 265 g/mol. The highest BCUT2D eigenvalue weighted by Gasteiger charge is 2.02. The number of hydrogen-bond donors (Lipinski definition) is 1. The van der Waals surface area contributed by atoms with Gasteiger partial charge in [-0.05, 0) is 48.0 Å². The Morgan fingerprint density at radius 2 is 2.00 bits per heavy atom. The fourth-order valence-electron chi connectivity index (χ4n) is 0.867. The van der Waals surface area contributed by atoms with Crippen molar-refractivity contribution >= 4 is 34.0 Å². The number of rotatable bonds is 2. The minimum atomic E-state index is 0. The Morgan fingerprint density at radius 3 is 2.46 bits per heavy atom. The number of benzene rings is 1. The molecule has 1 rings (SSSR count). The number of nitrogens with two attached hydrogens (primary N) is 1. The molecule has 1 aromatic rings. The van der Waals surface area contributed by atoms with Crippen molar-refractivity contribution in [2.45, 2.75) is 20.0 Å². The van der Waals surface area contributed by atoms with Gasteiger partial charge in [0.05, 0.1) is 10.6 Å². The van der Waals surface area contributed by atoms with Crippen LogP contribution in [0.5, 0.6) is 5.75 Å². The quantitative estimate of drug-likeness (QED) is 0.834. The first kappa shape index (κ1) is 12.6. The fraction of sp³-hybridized carbons (Fsp3) is 0.333. The summed E-state index contributed by atoms with van der Waals surface area (Å²) in [7, 11) is 0. The zero-order valence-electron chi connectivity index (χ0n) is 7.58. The molecule has 4 heteroatoms. The SMILES string of the molecule is CC(C)Oc1ccc(N)cc1Br.Cl. The van der Waals surface area contributed by atoms with Crippen LogP contribution in [0, 0.1) is 0 Å². The van der Waals surface area contributed by atoms with E-state index in [1.54, 1.807) is 0 Å². The highest BCUT2D eigenvalue weighted by atomic mass is 79.9. The average Bonchev–Trinajstić information content (AvgIpc) is 1.94. The maximum atomic E-state index is 5.57. The van der Waals surface area contributed by atoms with Gasteiger partial charge < -0.3 is 10.5 Å². The standard InChI is InChI=1S/C9H12BrNO.ClH/c1-6(2)12-9-4-3-7(11)5-8(9)10;/h3-6H,11H2,1-2H3;1H. The number of hydrogen-bond acceptors (Lipinski definition) is 2. The van der Waals surface area contributed by atoms with Gasteiger partial charge in [-0.2, -0.15) is 0 Å². The van der Waals surface area contributed by atoms with Crippen molar-refractivity contribution in [3.05, 3.63) is 22.7 Å². The molecule has 1 aromatic carbocycles. The zero-order valence-corrected chi connectivity index (χ0v) is 9.98. The average molecular weight is 267 g/mol. The molecule has 0 atom stereocenters. The Kier molecular flexibility index (Phi) is 5.18. The number of ether oxygens (including phenoxy) is 1. The van der Waals surface area contributed by atoms with Crippen molar-refractivity contribution in [3.63, 3.8) is 0 Å². The molecule has 0 aliphatic rings. The molecule has 0 aliphatic carbocycles. The lowest BCUT2D eigenvalue weighted by molar-refractivity contribution is 0.241. The summed E-state index contributed by atoms with van der Waals surface area (Å²) in [5.74, 6) is 0.833. The first-order valence-electron chi connectivity index (χ1n) is 3.81. The Bertz CT molecular complexity index is 278. The van der Waals surface area contributed by atoms with Crippen molar-refractivity contribution in [1.29, 1.82) is 0 Å². The third-order valence-electron chi connectivity index (χ3n) is 1.32. The molecular weight excluding hydrogens is 253 g/mol. The van der Waals surface area contributed by atoms with E-state index < -0.39 is 0 Å². The molecule has 0 bridgehead atoms. The molecule has 0 aliphatic heterocycles. The summed E-state index contributed by atoms with van der Waals surface area (Å²) in [6.07, 6.45) is 0.185. The Morgan fingerprint density at radius 1 is 1.38 bits per heavy atom. The summed E-state index contributed by atoms with van der Waals surface area (Å²) in [5, 5.41) is 0. The van der Waals surface area contributed by atoms with E-state index in [1.165, 1.54) is 0 Å². The maximum Gasteiger partial charge on any atom is 0.134 e. The van der Waals surface area contributed by atoms with Crippen LogP contribution in [-0.2, 0) is 0 Å². The van der Waals surface area contributed by atoms with Crippen LogP contribution in [0.15, 0.2) is 22.7 Å². The first-order chi connectivity index (χ1) is 5.59. The predicted octanol–water partition coefficient (Wildman–Crippen LogP) is 3.24. The Balaban J connectivity index is 0.00000144. The van der Waals surface area contributed by atoms with Gasteiger partial charge in [-0.25, -0.2) is 0 Å². The van der Waals surface area contributed by atoms with Crippen molar-refractivity contribution < 1.29 is 4.74 Å². The van der Waals surface area contributed by atoms with Crippen molar-refractivity contribution in [3.8, 4) is 5.75 Å². The van der Waals surface area contributed by atoms with E-state index in [1.807, 2.05) is 32.0 Å². The third kappa shape index (κ3) is 3.87. The molecule has 13 heavy (non-hydrogen) atoms. The minimum absolute atomic E-state index is 0. The summed E-state index contributed by atoms with van der Waals surface area (Å²) in [4.78, 5) is 0. The molecule has 0 aromatic heterocycles. The molecule has 0 spiro atoms. The van der Waals surface area contributed by atoms with E-state index >= 15 is 0 Å². The van der Waals surface area contributed by atoms with E-state index in [0.717, 1.165) is 15.9 Å². The Hall–Kier alpha value is -0.410. The van der Waals surface area contributed by atoms with Crippen LogP contribution < -0.4 is 10.5 Å². The van der Waals surface area contributed by atoms with E-state index in [9.17, 15) is 0 Å². The van der Waals surface area contributed by atoms with E-state index in [4.69, 9.17) is 10.5 Å². The van der Waals surface area contributed by atoms with Crippen molar-refractivity contribution in [2.75, 3.05) is 5.73 Å². The van der Waals surface area contributed by atoms with Gasteiger partial charge in [-0.1, -0.05) is 0 Å². The van der Waals surface area contributed by atoms with Gasteiger partial charge in [0.15, 0.2) is 0 Å². The lowest BCUT2D eigenvalue weighted by atomic mass is 10.3. The molecule has 0 saturated carbocycles. The van der Waals surface area contributed by atoms with Crippen LogP contribution in [0.4, 0.5) is 5.69 Å². The lowest BCUT2D eigenvalue weighted by Gasteiger charge is -2.11. The number of halogens is 2. The molecule has 0 radical (unpaired) electrons. The van der Waals surface area contributed by atoms with Gasteiger partial charge in [0.2, 0.25) is 0 Å². The second-order valence-electron chi connectivity index (χ2n) is 2.86. The second-order valence-corrected chi connectivity index (χ2v) is 3.71. The highest BCUT2D eigenvalue weighted by molar-refractivity contribution is 9.10. The van der Waals surface area contributed by atoms with Crippen molar-refractivity contribution in [2.24, 2.45) is 0 Å². The summed E-state index contributed by atoms with van der Waals surface area (Å²) in [5.41, 5.74) is 6.31. The summed E-state index contributed by atoms with van der Waals surface area (Å²) in [6.45, 7) is 3.98. The first-order valence-corrected chi connectivity index (χ1v) is 4.60.